The highest BCUT2D eigenvalue weighted by molar-refractivity contribution is 5.94. The summed E-state index contributed by atoms with van der Waals surface area (Å²) in [7, 11) is 0. The van der Waals surface area contributed by atoms with Crippen LogP contribution in [-0.2, 0) is 5.60 Å². The fourth-order valence-electron chi connectivity index (χ4n) is 3.39. The van der Waals surface area contributed by atoms with Gasteiger partial charge in [0.2, 0.25) is 0 Å². The first-order valence-electron chi connectivity index (χ1n) is 8.82. The van der Waals surface area contributed by atoms with Crippen LogP contribution in [0.3, 0.4) is 0 Å². The molecule has 136 valence electrons. The number of piperidine rings is 1. The number of carbonyl (C=O) groups excluding carboxylic acids is 1. The Morgan fingerprint density at radius 2 is 2.15 bits per heavy atom. The Labute approximate surface area is 151 Å². The Hall–Kier alpha value is -2.74. The van der Waals surface area contributed by atoms with Crippen LogP contribution in [-0.4, -0.2) is 53.4 Å². The van der Waals surface area contributed by atoms with E-state index in [1.54, 1.807) is 40.6 Å². The monoisotopic (exact) mass is 354 g/mol. The van der Waals surface area contributed by atoms with Crippen molar-refractivity contribution >= 4 is 11.4 Å². The number of likely N-dealkylation sites (tertiary alicyclic amines) is 1. The van der Waals surface area contributed by atoms with E-state index >= 15 is 0 Å². The van der Waals surface area contributed by atoms with E-state index in [1.165, 1.54) is 0 Å². The van der Waals surface area contributed by atoms with Gasteiger partial charge in [-0.05, 0) is 38.8 Å². The summed E-state index contributed by atoms with van der Waals surface area (Å²) in [6, 6.07) is 3.83. The molecule has 1 amide bonds. The molecule has 4 heterocycles. The second-order valence-electron chi connectivity index (χ2n) is 7.18. The van der Waals surface area contributed by atoms with Crippen LogP contribution in [0.25, 0.3) is 5.52 Å². The number of rotatable bonds is 3. The minimum Gasteiger partial charge on any atom is -0.382 e. The molecule has 1 unspecified atom stereocenters. The Bertz CT molecular complexity index is 946. The van der Waals surface area contributed by atoms with E-state index < -0.39 is 5.60 Å². The third kappa shape index (κ3) is 2.86. The molecule has 1 N–H and O–H groups in total. The summed E-state index contributed by atoms with van der Waals surface area (Å²) in [6.45, 7) is 4.84. The highest BCUT2D eigenvalue weighted by Gasteiger charge is 2.39. The van der Waals surface area contributed by atoms with E-state index in [0.29, 0.717) is 30.6 Å². The number of aromatic nitrogens is 5. The predicted octanol–water partition coefficient (Wildman–Crippen LogP) is 1.63. The van der Waals surface area contributed by atoms with Gasteiger partial charge in [-0.3, -0.25) is 4.79 Å². The maximum absolute atomic E-state index is 12.9. The van der Waals surface area contributed by atoms with Gasteiger partial charge in [0, 0.05) is 18.8 Å². The van der Waals surface area contributed by atoms with Crippen LogP contribution in [0, 0.1) is 0 Å². The van der Waals surface area contributed by atoms with Gasteiger partial charge in [0.15, 0.2) is 0 Å². The summed E-state index contributed by atoms with van der Waals surface area (Å²) in [5, 5.41) is 19.3. The molecule has 1 atom stereocenters. The number of fused-ring (bicyclic) bond motifs is 1. The zero-order chi connectivity index (χ0) is 18.3. The molecule has 1 fully saturated rings. The van der Waals surface area contributed by atoms with E-state index in [2.05, 4.69) is 15.3 Å². The molecule has 0 saturated carbocycles. The van der Waals surface area contributed by atoms with Gasteiger partial charge in [0.25, 0.3) is 5.91 Å². The summed E-state index contributed by atoms with van der Waals surface area (Å²) < 4.78 is 3.54. The number of aliphatic hydroxyl groups is 1. The smallest absolute Gasteiger partial charge is 0.255 e. The van der Waals surface area contributed by atoms with Gasteiger partial charge < -0.3 is 14.4 Å². The first kappa shape index (κ1) is 16.7. The zero-order valence-corrected chi connectivity index (χ0v) is 14.9. The molecule has 3 aromatic rings. The highest BCUT2D eigenvalue weighted by Crippen LogP contribution is 2.31. The Morgan fingerprint density at radius 3 is 2.92 bits per heavy atom. The van der Waals surface area contributed by atoms with Crippen LogP contribution >= 0.6 is 0 Å². The minimum atomic E-state index is -1.17. The number of hydrogen-bond acceptors (Lipinski definition) is 5. The molecule has 4 rings (SSSR count). The van der Waals surface area contributed by atoms with Crippen LogP contribution in [0.4, 0.5) is 0 Å². The number of nitrogens with zero attached hydrogens (tertiary/aromatic N) is 6. The highest BCUT2D eigenvalue weighted by atomic mass is 16.3. The standard InChI is InChI=1S/C18H22N6O2/c1-13(2)24-10-16(20-21-24)18(26)6-3-7-22(11-18)17(25)14-4-5-15-8-19-12-23(15)9-14/h4-5,8-10,12-13,26H,3,6-7,11H2,1-2H3. The van der Waals surface area contributed by atoms with Gasteiger partial charge in [-0.15, -0.1) is 5.10 Å². The van der Waals surface area contributed by atoms with Gasteiger partial charge in [-0.25, -0.2) is 9.67 Å². The number of pyridine rings is 1. The SMILES string of the molecule is CC(C)n1cc(C2(O)CCCN(C(=O)c3ccc4cncn4c3)C2)nn1. The lowest BCUT2D eigenvalue weighted by Gasteiger charge is -2.38. The van der Waals surface area contributed by atoms with Gasteiger partial charge in [0.05, 0.1) is 36.3 Å². The predicted molar refractivity (Wildman–Crippen MR) is 94.6 cm³/mol. The van der Waals surface area contributed by atoms with Crippen molar-refractivity contribution in [2.75, 3.05) is 13.1 Å². The van der Waals surface area contributed by atoms with Gasteiger partial charge in [-0.1, -0.05) is 5.21 Å². The second-order valence-corrected chi connectivity index (χ2v) is 7.18. The topological polar surface area (TPSA) is 88.5 Å². The quantitative estimate of drug-likeness (QED) is 0.772. The van der Waals surface area contributed by atoms with Crippen LogP contribution in [0.5, 0.6) is 0 Å². The van der Waals surface area contributed by atoms with Crippen molar-refractivity contribution in [3.05, 3.63) is 48.3 Å². The number of carbonyl (C=O) groups is 1. The van der Waals surface area contributed by atoms with Crippen LogP contribution in [0.1, 0.15) is 48.8 Å². The summed E-state index contributed by atoms with van der Waals surface area (Å²) in [4.78, 5) is 18.7. The van der Waals surface area contributed by atoms with Gasteiger partial charge in [-0.2, -0.15) is 0 Å². The molecule has 1 saturated heterocycles. The molecule has 0 aliphatic carbocycles. The van der Waals surface area contributed by atoms with E-state index in [4.69, 9.17) is 0 Å². The van der Waals surface area contributed by atoms with Crippen molar-refractivity contribution in [3.8, 4) is 0 Å². The third-order valence-corrected chi connectivity index (χ3v) is 4.93. The maximum atomic E-state index is 12.9. The molecule has 26 heavy (non-hydrogen) atoms. The first-order chi connectivity index (χ1) is 12.5. The Kier molecular flexibility index (Phi) is 3.99. The fraction of sp³-hybridized carbons (Fsp3) is 0.444. The van der Waals surface area contributed by atoms with Crippen molar-refractivity contribution in [1.82, 2.24) is 29.3 Å². The molecule has 3 aromatic heterocycles. The molecule has 1 aliphatic rings. The van der Waals surface area contributed by atoms with E-state index in [-0.39, 0.29) is 18.5 Å². The molecule has 1 aliphatic heterocycles. The Balaban J connectivity index is 1.57. The molecular weight excluding hydrogens is 332 g/mol. The molecule has 8 nitrogen and oxygen atoms in total. The number of amides is 1. The molecule has 0 radical (unpaired) electrons. The van der Waals surface area contributed by atoms with Crippen molar-refractivity contribution in [2.24, 2.45) is 0 Å². The van der Waals surface area contributed by atoms with Crippen molar-refractivity contribution in [1.29, 1.82) is 0 Å². The third-order valence-electron chi connectivity index (χ3n) is 4.93. The summed E-state index contributed by atoms with van der Waals surface area (Å²) in [5.41, 5.74) is 0.863. The van der Waals surface area contributed by atoms with Gasteiger partial charge in [0.1, 0.15) is 11.3 Å². The Morgan fingerprint density at radius 1 is 1.31 bits per heavy atom. The van der Waals surface area contributed by atoms with Crippen LogP contribution in [0.2, 0.25) is 0 Å². The fourth-order valence-corrected chi connectivity index (χ4v) is 3.39. The normalized spacial score (nSPS) is 20.8. The van der Waals surface area contributed by atoms with Crippen LogP contribution < -0.4 is 0 Å². The summed E-state index contributed by atoms with van der Waals surface area (Å²) in [5.74, 6) is -0.102. The maximum Gasteiger partial charge on any atom is 0.255 e. The van der Waals surface area contributed by atoms with Crippen LogP contribution in [0.15, 0.2) is 37.1 Å². The second kappa shape index (κ2) is 6.21. The molecule has 0 bridgehead atoms. The van der Waals surface area contributed by atoms with Gasteiger partial charge >= 0.3 is 0 Å². The lowest BCUT2D eigenvalue weighted by atomic mass is 9.89. The molecular formula is C18H22N6O2. The van der Waals surface area contributed by atoms with Crippen molar-refractivity contribution < 1.29 is 9.90 Å². The number of imidazole rings is 1. The minimum absolute atomic E-state index is 0.102. The molecule has 8 heteroatoms. The average Bonchev–Trinajstić information content (AvgIpc) is 3.30. The molecule has 0 aromatic carbocycles. The lowest BCUT2D eigenvalue weighted by molar-refractivity contribution is -0.0320. The van der Waals surface area contributed by atoms with Crippen molar-refractivity contribution in [2.45, 2.75) is 38.3 Å². The number of β-amino-alcohol motifs (C(OH)–C–C–N with tert-alkyl or cyclic N) is 1. The van der Waals surface area contributed by atoms with E-state index in [0.717, 1.165) is 5.52 Å². The number of hydrogen-bond donors (Lipinski definition) is 1. The van der Waals surface area contributed by atoms with Crippen molar-refractivity contribution in [3.63, 3.8) is 0 Å². The summed E-state index contributed by atoms with van der Waals surface area (Å²) in [6.07, 6.45) is 8.23. The lowest BCUT2D eigenvalue weighted by Crippen LogP contribution is -2.48. The largest absolute Gasteiger partial charge is 0.382 e. The first-order valence-corrected chi connectivity index (χ1v) is 8.82. The average molecular weight is 354 g/mol. The summed E-state index contributed by atoms with van der Waals surface area (Å²) >= 11 is 0. The van der Waals surface area contributed by atoms with E-state index in [1.807, 2.05) is 24.3 Å². The molecule has 0 spiro atoms. The van der Waals surface area contributed by atoms with E-state index in [9.17, 15) is 9.90 Å². The zero-order valence-electron chi connectivity index (χ0n) is 14.9.